The van der Waals surface area contributed by atoms with E-state index in [-0.39, 0.29) is 0 Å². The molecule has 1 aromatic rings. The fraction of sp³-hybridized carbons (Fsp3) is 0.571. The molecule has 2 atom stereocenters. The van der Waals surface area contributed by atoms with Crippen LogP contribution >= 0.6 is 15.9 Å². The minimum Gasteiger partial charge on any atom is -0.496 e. The zero-order chi connectivity index (χ0) is 13.1. The summed E-state index contributed by atoms with van der Waals surface area (Å²) in [5.41, 5.74) is 7.28. The summed E-state index contributed by atoms with van der Waals surface area (Å²) in [4.78, 5) is 2.47. The first-order valence-corrected chi connectivity index (χ1v) is 7.20. The minimum atomic E-state index is 0.303. The van der Waals surface area contributed by atoms with Gasteiger partial charge in [0.05, 0.1) is 11.6 Å². The summed E-state index contributed by atoms with van der Waals surface area (Å²) < 4.78 is 6.26. The van der Waals surface area contributed by atoms with E-state index in [0.29, 0.717) is 12.0 Å². The van der Waals surface area contributed by atoms with Gasteiger partial charge in [0.25, 0.3) is 0 Å². The number of benzene rings is 1. The normalized spacial score (nSPS) is 22.1. The van der Waals surface area contributed by atoms with Gasteiger partial charge in [-0.3, -0.25) is 4.90 Å². The summed E-state index contributed by atoms with van der Waals surface area (Å²) in [5.74, 6) is 1.53. The Hall–Kier alpha value is -0.580. The SMILES string of the molecule is COc1ccc(CN2CC[C@H]([C@H](C)N)C2)cc1Br. The second-order valence-electron chi connectivity index (χ2n) is 5.11. The topological polar surface area (TPSA) is 38.5 Å². The van der Waals surface area contributed by atoms with Crippen LogP contribution in [0.5, 0.6) is 5.75 Å². The molecule has 1 fully saturated rings. The zero-order valence-electron chi connectivity index (χ0n) is 11.0. The van der Waals surface area contributed by atoms with E-state index in [4.69, 9.17) is 10.5 Å². The van der Waals surface area contributed by atoms with Crippen molar-refractivity contribution >= 4 is 15.9 Å². The van der Waals surface area contributed by atoms with Crippen LogP contribution in [0.4, 0.5) is 0 Å². The van der Waals surface area contributed by atoms with E-state index in [1.807, 2.05) is 6.07 Å². The average molecular weight is 313 g/mol. The Balaban J connectivity index is 1.96. The number of nitrogens with two attached hydrogens (primary N) is 1. The van der Waals surface area contributed by atoms with E-state index < -0.39 is 0 Å². The third kappa shape index (κ3) is 3.25. The summed E-state index contributed by atoms with van der Waals surface area (Å²) in [7, 11) is 1.69. The molecule has 3 nitrogen and oxygen atoms in total. The maximum absolute atomic E-state index is 5.96. The molecule has 0 unspecified atom stereocenters. The van der Waals surface area contributed by atoms with Crippen molar-refractivity contribution in [1.82, 2.24) is 4.90 Å². The van der Waals surface area contributed by atoms with E-state index in [9.17, 15) is 0 Å². The molecule has 1 aromatic carbocycles. The van der Waals surface area contributed by atoms with Crippen molar-refractivity contribution in [3.05, 3.63) is 28.2 Å². The van der Waals surface area contributed by atoms with Gasteiger partial charge >= 0.3 is 0 Å². The Bertz CT molecular complexity index is 409. The summed E-state index contributed by atoms with van der Waals surface area (Å²) in [6.45, 7) is 5.36. The van der Waals surface area contributed by atoms with Gasteiger partial charge in [-0.15, -0.1) is 0 Å². The van der Waals surface area contributed by atoms with E-state index in [0.717, 1.165) is 29.9 Å². The van der Waals surface area contributed by atoms with Crippen molar-refractivity contribution in [2.24, 2.45) is 11.7 Å². The largest absolute Gasteiger partial charge is 0.496 e. The lowest BCUT2D eigenvalue weighted by atomic mass is 10.0. The Morgan fingerprint density at radius 2 is 2.33 bits per heavy atom. The molecule has 0 aromatic heterocycles. The monoisotopic (exact) mass is 312 g/mol. The van der Waals surface area contributed by atoms with Gasteiger partial charge in [0, 0.05) is 19.1 Å². The van der Waals surface area contributed by atoms with Crippen LogP contribution in [0.1, 0.15) is 18.9 Å². The van der Waals surface area contributed by atoms with E-state index in [1.54, 1.807) is 7.11 Å². The van der Waals surface area contributed by atoms with Crippen LogP contribution in [-0.4, -0.2) is 31.1 Å². The lowest BCUT2D eigenvalue weighted by molar-refractivity contribution is 0.308. The predicted octanol–water partition coefficient (Wildman–Crippen LogP) is 2.63. The highest BCUT2D eigenvalue weighted by atomic mass is 79.9. The Kier molecular flexibility index (Phi) is 4.65. The molecule has 4 heteroatoms. The number of ether oxygens (including phenoxy) is 1. The Morgan fingerprint density at radius 1 is 1.56 bits per heavy atom. The number of hydrogen-bond donors (Lipinski definition) is 1. The van der Waals surface area contributed by atoms with Crippen molar-refractivity contribution < 1.29 is 4.74 Å². The quantitative estimate of drug-likeness (QED) is 0.929. The first-order valence-electron chi connectivity index (χ1n) is 6.40. The number of methoxy groups -OCH3 is 1. The van der Waals surface area contributed by atoms with Crippen molar-refractivity contribution in [3.63, 3.8) is 0 Å². The molecule has 2 N–H and O–H groups in total. The van der Waals surface area contributed by atoms with Crippen LogP contribution in [0.3, 0.4) is 0 Å². The predicted molar refractivity (Wildman–Crippen MR) is 77.7 cm³/mol. The number of hydrogen-bond acceptors (Lipinski definition) is 3. The van der Waals surface area contributed by atoms with E-state index >= 15 is 0 Å². The zero-order valence-corrected chi connectivity index (χ0v) is 12.6. The standard InChI is InChI=1S/C14H21BrN2O/c1-10(16)12-5-6-17(9-12)8-11-3-4-14(18-2)13(15)7-11/h3-4,7,10,12H,5-6,8-9,16H2,1-2H3/t10-,12-/m0/s1. The van der Waals surface area contributed by atoms with Crippen molar-refractivity contribution in [2.45, 2.75) is 25.9 Å². The molecule has 1 aliphatic rings. The molecule has 100 valence electrons. The minimum absolute atomic E-state index is 0.303. The van der Waals surface area contributed by atoms with Gasteiger partial charge in [0.15, 0.2) is 0 Å². The van der Waals surface area contributed by atoms with Gasteiger partial charge in [-0.25, -0.2) is 0 Å². The van der Waals surface area contributed by atoms with Gasteiger partial charge in [-0.05, 0) is 59.4 Å². The molecule has 2 rings (SSSR count). The summed E-state index contributed by atoms with van der Waals surface area (Å²) >= 11 is 3.53. The van der Waals surface area contributed by atoms with Crippen molar-refractivity contribution in [3.8, 4) is 5.75 Å². The first-order chi connectivity index (χ1) is 8.60. The molecule has 0 spiro atoms. The maximum atomic E-state index is 5.96. The second-order valence-corrected chi connectivity index (χ2v) is 5.97. The molecule has 1 saturated heterocycles. The van der Waals surface area contributed by atoms with Crippen molar-refractivity contribution in [1.29, 1.82) is 0 Å². The third-order valence-corrected chi connectivity index (χ3v) is 4.29. The molecule has 0 bridgehead atoms. The number of nitrogens with zero attached hydrogens (tertiary/aromatic N) is 1. The van der Waals surface area contributed by atoms with E-state index in [2.05, 4.69) is 39.9 Å². The molecule has 0 radical (unpaired) electrons. The number of halogens is 1. The Morgan fingerprint density at radius 3 is 2.89 bits per heavy atom. The number of likely N-dealkylation sites (tertiary alicyclic amines) is 1. The molecule has 1 aliphatic heterocycles. The molecule has 18 heavy (non-hydrogen) atoms. The van der Waals surface area contributed by atoms with E-state index in [1.165, 1.54) is 12.0 Å². The van der Waals surface area contributed by atoms with Gasteiger partial charge in [0.1, 0.15) is 5.75 Å². The fourth-order valence-corrected chi connectivity index (χ4v) is 3.09. The third-order valence-electron chi connectivity index (χ3n) is 3.67. The van der Waals surface area contributed by atoms with Crippen LogP contribution in [0.15, 0.2) is 22.7 Å². The number of rotatable bonds is 4. The highest BCUT2D eigenvalue weighted by Crippen LogP contribution is 2.27. The molecule has 0 aliphatic carbocycles. The van der Waals surface area contributed by atoms with Gasteiger partial charge in [-0.1, -0.05) is 6.07 Å². The molecule has 1 heterocycles. The van der Waals surface area contributed by atoms with Gasteiger partial charge in [0.2, 0.25) is 0 Å². The van der Waals surface area contributed by atoms with Gasteiger partial charge in [-0.2, -0.15) is 0 Å². The average Bonchev–Trinajstić information content (AvgIpc) is 2.78. The highest BCUT2D eigenvalue weighted by Gasteiger charge is 2.25. The summed E-state index contributed by atoms with van der Waals surface area (Å²) in [5, 5.41) is 0. The maximum Gasteiger partial charge on any atom is 0.133 e. The molecule has 0 saturated carbocycles. The van der Waals surface area contributed by atoms with Gasteiger partial charge < -0.3 is 10.5 Å². The van der Waals surface area contributed by atoms with Crippen LogP contribution in [-0.2, 0) is 6.54 Å². The van der Waals surface area contributed by atoms with Crippen LogP contribution in [0.25, 0.3) is 0 Å². The summed E-state index contributed by atoms with van der Waals surface area (Å²) in [6.07, 6.45) is 1.22. The lowest BCUT2D eigenvalue weighted by Gasteiger charge is -2.18. The van der Waals surface area contributed by atoms with Crippen LogP contribution < -0.4 is 10.5 Å². The lowest BCUT2D eigenvalue weighted by Crippen LogP contribution is -2.29. The Labute approximate surface area is 117 Å². The molecule has 0 amide bonds. The van der Waals surface area contributed by atoms with Crippen LogP contribution in [0.2, 0.25) is 0 Å². The molecular formula is C14H21BrN2O. The summed E-state index contributed by atoms with van der Waals surface area (Å²) in [6, 6.07) is 6.58. The van der Waals surface area contributed by atoms with Crippen molar-refractivity contribution in [2.75, 3.05) is 20.2 Å². The fourth-order valence-electron chi connectivity index (χ4n) is 2.50. The van der Waals surface area contributed by atoms with Crippen LogP contribution in [0, 0.1) is 5.92 Å². The second kappa shape index (κ2) is 6.04. The molecular weight excluding hydrogens is 292 g/mol. The first kappa shape index (κ1) is 13.8. The highest BCUT2D eigenvalue weighted by molar-refractivity contribution is 9.10. The smallest absolute Gasteiger partial charge is 0.133 e.